The molecule has 0 aliphatic carbocycles. The van der Waals surface area contributed by atoms with Crippen LogP contribution < -0.4 is 0 Å². The lowest BCUT2D eigenvalue weighted by Crippen LogP contribution is -2.10. The topological polar surface area (TPSA) is 63.3 Å². The maximum Gasteiger partial charge on any atom is 0.336 e. The molecule has 0 saturated carbocycles. The number of benzene rings is 2. The molecule has 0 amide bonds. The molecule has 0 saturated heterocycles. The molecule has 3 rings (SSSR count). The highest BCUT2D eigenvalue weighted by atomic mass is 16.4. The van der Waals surface area contributed by atoms with Crippen molar-refractivity contribution in [1.29, 1.82) is 0 Å². The fourth-order valence-electron chi connectivity index (χ4n) is 2.37. The SMILES string of the molecule is CC(C)(C)c1ccc2oc(-c3ccccc3C(=O)O)nc2c1. The molecule has 3 aromatic rings. The molecule has 0 atom stereocenters. The number of aromatic carboxylic acids is 1. The first kappa shape index (κ1) is 14.3. The molecule has 0 unspecified atom stereocenters. The van der Waals surface area contributed by atoms with Crippen molar-refractivity contribution in [2.45, 2.75) is 26.2 Å². The van der Waals surface area contributed by atoms with E-state index < -0.39 is 5.97 Å². The van der Waals surface area contributed by atoms with Gasteiger partial charge in [0.25, 0.3) is 0 Å². The standard InChI is InChI=1S/C18H17NO3/c1-18(2,3)11-8-9-15-14(10-11)19-16(22-15)12-6-4-5-7-13(12)17(20)21/h4-10H,1-3H3,(H,20,21). The summed E-state index contributed by atoms with van der Waals surface area (Å²) in [5.74, 6) is -0.660. The zero-order chi connectivity index (χ0) is 15.9. The Balaban J connectivity index is 2.16. The Bertz CT molecular complexity index is 856. The normalized spacial score (nSPS) is 11.8. The highest BCUT2D eigenvalue weighted by Gasteiger charge is 2.18. The first-order valence-electron chi connectivity index (χ1n) is 7.10. The Kier molecular flexibility index (Phi) is 3.24. The van der Waals surface area contributed by atoms with Crippen LogP contribution in [0.15, 0.2) is 46.9 Å². The number of nitrogens with zero attached hydrogens (tertiary/aromatic N) is 1. The number of rotatable bonds is 2. The predicted octanol–water partition coefficient (Wildman–Crippen LogP) is 4.49. The van der Waals surface area contributed by atoms with Gasteiger partial charge >= 0.3 is 5.97 Å². The molecule has 0 spiro atoms. The minimum Gasteiger partial charge on any atom is -0.478 e. The van der Waals surface area contributed by atoms with Gasteiger partial charge in [0.05, 0.1) is 11.1 Å². The van der Waals surface area contributed by atoms with E-state index in [9.17, 15) is 9.90 Å². The minimum absolute atomic E-state index is 0.0201. The van der Waals surface area contributed by atoms with E-state index in [1.54, 1.807) is 24.3 Å². The Morgan fingerprint density at radius 1 is 1.14 bits per heavy atom. The average molecular weight is 295 g/mol. The van der Waals surface area contributed by atoms with Crippen molar-refractivity contribution in [3.8, 4) is 11.5 Å². The minimum atomic E-state index is -0.992. The molecular formula is C18H17NO3. The maximum absolute atomic E-state index is 11.3. The van der Waals surface area contributed by atoms with Crippen LogP contribution in [0.25, 0.3) is 22.6 Å². The quantitative estimate of drug-likeness (QED) is 0.756. The molecule has 2 aromatic carbocycles. The highest BCUT2D eigenvalue weighted by molar-refractivity contribution is 5.95. The fraction of sp³-hybridized carbons (Fsp3) is 0.222. The molecule has 112 valence electrons. The fourth-order valence-corrected chi connectivity index (χ4v) is 2.37. The van der Waals surface area contributed by atoms with Crippen LogP contribution in [-0.4, -0.2) is 16.1 Å². The molecule has 1 aromatic heterocycles. The van der Waals surface area contributed by atoms with E-state index in [0.717, 1.165) is 11.1 Å². The van der Waals surface area contributed by atoms with Gasteiger partial charge in [0.1, 0.15) is 5.52 Å². The third-order valence-electron chi connectivity index (χ3n) is 3.64. The number of hydrogen-bond acceptors (Lipinski definition) is 3. The molecule has 22 heavy (non-hydrogen) atoms. The largest absolute Gasteiger partial charge is 0.478 e. The summed E-state index contributed by atoms with van der Waals surface area (Å²) in [6.07, 6.45) is 0. The van der Waals surface area contributed by atoms with Crippen molar-refractivity contribution < 1.29 is 14.3 Å². The summed E-state index contributed by atoms with van der Waals surface area (Å²) >= 11 is 0. The van der Waals surface area contributed by atoms with Crippen LogP contribution in [0.1, 0.15) is 36.7 Å². The molecule has 0 aliphatic heterocycles. The molecule has 0 fully saturated rings. The second kappa shape index (κ2) is 4.98. The van der Waals surface area contributed by atoms with Crippen molar-refractivity contribution in [2.24, 2.45) is 0 Å². The summed E-state index contributed by atoms with van der Waals surface area (Å²) in [5, 5.41) is 9.28. The maximum atomic E-state index is 11.3. The number of carboxylic acids is 1. The second-order valence-corrected chi connectivity index (χ2v) is 6.30. The summed E-state index contributed by atoms with van der Waals surface area (Å²) < 4.78 is 5.74. The molecule has 0 aliphatic rings. The predicted molar refractivity (Wildman–Crippen MR) is 85.1 cm³/mol. The van der Waals surface area contributed by atoms with E-state index in [0.29, 0.717) is 17.0 Å². The zero-order valence-electron chi connectivity index (χ0n) is 12.8. The summed E-state index contributed by atoms with van der Waals surface area (Å²) in [7, 11) is 0. The van der Waals surface area contributed by atoms with Gasteiger partial charge in [-0.05, 0) is 35.2 Å². The molecule has 1 N–H and O–H groups in total. The first-order valence-corrected chi connectivity index (χ1v) is 7.10. The Labute approximate surface area is 128 Å². The van der Waals surface area contributed by atoms with Gasteiger partial charge in [-0.1, -0.05) is 39.0 Å². The Hall–Kier alpha value is -2.62. The van der Waals surface area contributed by atoms with Gasteiger partial charge in [0, 0.05) is 0 Å². The van der Waals surface area contributed by atoms with Gasteiger partial charge in [0.15, 0.2) is 5.58 Å². The van der Waals surface area contributed by atoms with Gasteiger partial charge in [-0.15, -0.1) is 0 Å². The van der Waals surface area contributed by atoms with Gasteiger partial charge in [-0.3, -0.25) is 0 Å². The molecule has 4 heteroatoms. The summed E-state index contributed by atoms with van der Waals surface area (Å²) in [4.78, 5) is 15.8. The molecule has 4 nitrogen and oxygen atoms in total. The van der Waals surface area contributed by atoms with E-state index in [-0.39, 0.29) is 11.0 Å². The van der Waals surface area contributed by atoms with E-state index in [2.05, 4.69) is 25.8 Å². The number of carbonyl (C=O) groups is 1. The van der Waals surface area contributed by atoms with Gasteiger partial charge in [-0.2, -0.15) is 0 Å². The number of hydrogen-bond donors (Lipinski definition) is 1. The van der Waals surface area contributed by atoms with Crippen LogP contribution in [0.5, 0.6) is 0 Å². The molecule has 0 bridgehead atoms. The van der Waals surface area contributed by atoms with Gasteiger partial charge < -0.3 is 9.52 Å². The first-order chi connectivity index (χ1) is 10.4. The summed E-state index contributed by atoms with van der Waals surface area (Å²) in [6, 6.07) is 12.6. The van der Waals surface area contributed by atoms with Crippen molar-refractivity contribution in [3.05, 3.63) is 53.6 Å². The van der Waals surface area contributed by atoms with Crippen molar-refractivity contribution >= 4 is 17.1 Å². The van der Waals surface area contributed by atoms with Crippen molar-refractivity contribution in [2.75, 3.05) is 0 Å². The third kappa shape index (κ3) is 2.48. The van der Waals surface area contributed by atoms with Gasteiger partial charge in [-0.25, -0.2) is 9.78 Å². The van der Waals surface area contributed by atoms with Gasteiger partial charge in [0.2, 0.25) is 5.89 Å². The lowest BCUT2D eigenvalue weighted by atomic mass is 9.87. The highest BCUT2D eigenvalue weighted by Crippen LogP contribution is 2.30. The van der Waals surface area contributed by atoms with Crippen molar-refractivity contribution in [3.63, 3.8) is 0 Å². The number of fused-ring (bicyclic) bond motifs is 1. The number of carboxylic acid groups (broad SMARTS) is 1. The zero-order valence-corrected chi connectivity index (χ0v) is 12.8. The third-order valence-corrected chi connectivity index (χ3v) is 3.64. The number of oxazole rings is 1. The van der Waals surface area contributed by atoms with E-state index in [1.807, 2.05) is 18.2 Å². The molecular weight excluding hydrogens is 278 g/mol. The second-order valence-electron chi connectivity index (χ2n) is 6.30. The van der Waals surface area contributed by atoms with Crippen LogP contribution in [0, 0.1) is 0 Å². The summed E-state index contributed by atoms with van der Waals surface area (Å²) in [6.45, 7) is 6.40. The smallest absolute Gasteiger partial charge is 0.336 e. The van der Waals surface area contributed by atoms with Crippen molar-refractivity contribution in [1.82, 2.24) is 4.98 Å². The Morgan fingerprint density at radius 2 is 1.86 bits per heavy atom. The average Bonchev–Trinajstić information content (AvgIpc) is 2.89. The van der Waals surface area contributed by atoms with E-state index in [4.69, 9.17) is 4.42 Å². The molecule has 1 heterocycles. The molecule has 0 radical (unpaired) electrons. The number of aromatic nitrogens is 1. The van der Waals surface area contributed by atoms with Crippen LogP contribution >= 0.6 is 0 Å². The lowest BCUT2D eigenvalue weighted by molar-refractivity contribution is 0.0697. The summed E-state index contributed by atoms with van der Waals surface area (Å²) in [5.41, 5.74) is 3.25. The van der Waals surface area contributed by atoms with E-state index >= 15 is 0 Å². The van der Waals surface area contributed by atoms with Crippen LogP contribution in [0.2, 0.25) is 0 Å². The van der Waals surface area contributed by atoms with Crippen LogP contribution in [0.3, 0.4) is 0 Å². The lowest BCUT2D eigenvalue weighted by Gasteiger charge is -2.18. The van der Waals surface area contributed by atoms with E-state index in [1.165, 1.54) is 0 Å². The van der Waals surface area contributed by atoms with Crippen LogP contribution in [-0.2, 0) is 5.41 Å². The van der Waals surface area contributed by atoms with Crippen LogP contribution in [0.4, 0.5) is 0 Å². The monoisotopic (exact) mass is 295 g/mol. The Morgan fingerprint density at radius 3 is 2.55 bits per heavy atom.